The molecule has 6 heteroatoms. The fourth-order valence-electron chi connectivity index (χ4n) is 1.66. The van der Waals surface area contributed by atoms with E-state index < -0.39 is 0 Å². The molecule has 5 nitrogen and oxygen atoms in total. The average Bonchev–Trinajstić information content (AvgIpc) is 2.68. The highest BCUT2D eigenvalue weighted by atomic mass is 32.1. The van der Waals surface area contributed by atoms with Gasteiger partial charge < -0.3 is 0 Å². The maximum atomic E-state index is 11.7. The molecule has 2 heterocycles. The van der Waals surface area contributed by atoms with E-state index in [2.05, 4.69) is 28.8 Å². The van der Waals surface area contributed by atoms with E-state index in [4.69, 9.17) is 0 Å². The van der Waals surface area contributed by atoms with E-state index in [9.17, 15) is 4.79 Å². The lowest BCUT2D eigenvalue weighted by molar-refractivity contribution is 0.294. The summed E-state index contributed by atoms with van der Waals surface area (Å²) in [5, 5.41) is 5.24. The van der Waals surface area contributed by atoms with Gasteiger partial charge in [0.05, 0.1) is 6.54 Å². The van der Waals surface area contributed by atoms with E-state index in [0.29, 0.717) is 4.96 Å². The molecule has 0 spiro atoms. The van der Waals surface area contributed by atoms with Crippen molar-refractivity contribution in [3.63, 3.8) is 0 Å². The third-order valence-corrected chi connectivity index (χ3v) is 3.56. The summed E-state index contributed by atoms with van der Waals surface area (Å²) in [6, 6.07) is 1.51. The van der Waals surface area contributed by atoms with Gasteiger partial charge in [0.15, 0.2) is 0 Å². The molecule has 2 aromatic heterocycles. The molecular formula is C11H16N4OS. The van der Waals surface area contributed by atoms with Gasteiger partial charge in [-0.2, -0.15) is 9.61 Å². The molecular weight excluding hydrogens is 236 g/mol. The van der Waals surface area contributed by atoms with Crippen molar-refractivity contribution in [2.24, 2.45) is 0 Å². The van der Waals surface area contributed by atoms with Crippen molar-refractivity contribution < 1.29 is 0 Å². The molecule has 0 aliphatic carbocycles. The SMILES string of the molecule is CCN(CC)Cc1nn2c(=O)cc(C)nc2s1. The molecule has 0 fully saturated rings. The van der Waals surface area contributed by atoms with E-state index in [0.717, 1.165) is 30.3 Å². The first-order chi connectivity index (χ1) is 8.13. The number of hydrogen-bond acceptors (Lipinski definition) is 5. The fraction of sp³-hybridized carbons (Fsp3) is 0.545. The van der Waals surface area contributed by atoms with Crippen LogP contribution in [0.25, 0.3) is 4.96 Å². The second-order valence-corrected chi connectivity index (χ2v) is 4.93. The molecule has 92 valence electrons. The summed E-state index contributed by atoms with van der Waals surface area (Å²) in [5.41, 5.74) is 0.641. The Morgan fingerprint density at radius 3 is 2.76 bits per heavy atom. The Bertz CT molecular complexity index is 570. The lowest BCUT2D eigenvalue weighted by Gasteiger charge is -2.15. The standard InChI is InChI=1S/C11H16N4OS/c1-4-14(5-2)7-9-13-15-10(16)6-8(3)12-11(15)17-9/h6H,4-5,7H2,1-3H3. The van der Waals surface area contributed by atoms with Crippen molar-refractivity contribution in [3.05, 3.63) is 27.1 Å². The third kappa shape index (κ3) is 2.53. The van der Waals surface area contributed by atoms with Crippen LogP contribution in [0.2, 0.25) is 0 Å². The Kier molecular flexibility index (Phi) is 3.54. The largest absolute Gasteiger partial charge is 0.297 e. The molecule has 0 unspecified atom stereocenters. The van der Waals surface area contributed by atoms with Crippen LogP contribution in [0, 0.1) is 6.92 Å². The minimum atomic E-state index is -0.102. The van der Waals surface area contributed by atoms with Crippen LogP contribution < -0.4 is 5.56 Å². The van der Waals surface area contributed by atoms with Gasteiger partial charge in [0.2, 0.25) is 4.96 Å². The van der Waals surface area contributed by atoms with E-state index >= 15 is 0 Å². The monoisotopic (exact) mass is 252 g/mol. The van der Waals surface area contributed by atoms with Crippen LogP contribution in [0.4, 0.5) is 0 Å². The molecule has 0 saturated heterocycles. The Hall–Kier alpha value is -1.27. The molecule has 0 saturated carbocycles. The number of aryl methyl sites for hydroxylation is 1. The zero-order valence-corrected chi connectivity index (χ0v) is 11.1. The quantitative estimate of drug-likeness (QED) is 0.823. The van der Waals surface area contributed by atoms with Gasteiger partial charge in [-0.1, -0.05) is 25.2 Å². The maximum absolute atomic E-state index is 11.7. The van der Waals surface area contributed by atoms with Crippen LogP contribution in [0.15, 0.2) is 10.9 Å². The first kappa shape index (κ1) is 12.2. The van der Waals surface area contributed by atoms with Gasteiger partial charge in [-0.25, -0.2) is 4.98 Å². The van der Waals surface area contributed by atoms with Crippen LogP contribution >= 0.6 is 11.3 Å². The summed E-state index contributed by atoms with van der Waals surface area (Å²) in [6.45, 7) is 8.79. The maximum Gasteiger partial charge on any atom is 0.275 e. The lowest BCUT2D eigenvalue weighted by atomic mass is 10.5. The van der Waals surface area contributed by atoms with Gasteiger partial charge in [-0.3, -0.25) is 9.69 Å². The smallest absolute Gasteiger partial charge is 0.275 e. The summed E-state index contributed by atoms with van der Waals surface area (Å²) >= 11 is 1.48. The van der Waals surface area contributed by atoms with E-state index in [-0.39, 0.29) is 5.56 Å². The van der Waals surface area contributed by atoms with Crippen LogP contribution in [-0.4, -0.2) is 32.6 Å². The van der Waals surface area contributed by atoms with Crippen LogP contribution in [0.5, 0.6) is 0 Å². The van der Waals surface area contributed by atoms with E-state index in [1.165, 1.54) is 21.9 Å². The molecule has 2 rings (SSSR count). The molecule has 2 aromatic rings. The topological polar surface area (TPSA) is 50.5 Å². The molecule has 0 atom stereocenters. The highest BCUT2D eigenvalue weighted by Crippen LogP contribution is 2.13. The zero-order chi connectivity index (χ0) is 12.4. The van der Waals surface area contributed by atoms with E-state index in [1.54, 1.807) is 0 Å². The highest BCUT2D eigenvalue weighted by Gasteiger charge is 2.09. The van der Waals surface area contributed by atoms with Crippen molar-refractivity contribution in [2.45, 2.75) is 27.3 Å². The van der Waals surface area contributed by atoms with Crippen LogP contribution in [0.3, 0.4) is 0 Å². The van der Waals surface area contributed by atoms with Crippen LogP contribution in [0.1, 0.15) is 24.5 Å². The molecule has 0 radical (unpaired) electrons. The van der Waals surface area contributed by atoms with Crippen molar-refractivity contribution in [3.8, 4) is 0 Å². The number of nitrogens with zero attached hydrogens (tertiary/aromatic N) is 4. The average molecular weight is 252 g/mol. The number of rotatable bonds is 4. The third-order valence-electron chi connectivity index (χ3n) is 2.67. The van der Waals surface area contributed by atoms with Crippen molar-refractivity contribution in [1.29, 1.82) is 0 Å². The summed E-state index contributed by atoms with van der Waals surface area (Å²) in [6.07, 6.45) is 0. The fourth-order valence-corrected chi connectivity index (χ4v) is 2.65. The van der Waals surface area contributed by atoms with Crippen LogP contribution in [-0.2, 0) is 6.54 Å². The molecule has 0 amide bonds. The lowest BCUT2D eigenvalue weighted by Crippen LogP contribution is -2.22. The van der Waals surface area contributed by atoms with E-state index in [1.807, 2.05) is 6.92 Å². The van der Waals surface area contributed by atoms with Crippen molar-refractivity contribution >= 4 is 16.3 Å². The van der Waals surface area contributed by atoms with Gasteiger partial charge in [0, 0.05) is 11.8 Å². The van der Waals surface area contributed by atoms with Gasteiger partial charge in [0.25, 0.3) is 5.56 Å². The number of hydrogen-bond donors (Lipinski definition) is 0. The molecule has 0 aromatic carbocycles. The first-order valence-corrected chi connectivity index (χ1v) is 6.54. The first-order valence-electron chi connectivity index (χ1n) is 5.72. The minimum absolute atomic E-state index is 0.102. The predicted octanol–water partition coefficient (Wildman–Crippen LogP) is 1.30. The number of aromatic nitrogens is 3. The summed E-state index contributed by atoms with van der Waals surface area (Å²) in [4.78, 5) is 18.9. The molecule has 0 aliphatic heterocycles. The number of fused-ring (bicyclic) bond motifs is 1. The second-order valence-electron chi connectivity index (χ2n) is 3.89. The Morgan fingerprint density at radius 1 is 1.41 bits per heavy atom. The van der Waals surface area contributed by atoms with Gasteiger partial charge in [-0.05, 0) is 20.0 Å². The Labute approximate surface area is 104 Å². The zero-order valence-electron chi connectivity index (χ0n) is 10.3. The minimum Gasteiger partial charge on any atom is -0.297 e. The summed E-state index contributed by atoms with van der Waals surface area (Å²) in [5.74, 6) is 0. The molecule has 0 N–H and O–H groups in total. The van der Waals surface area contributed by atoms with Crippen molar-refractivity contribution in [2.75, 3.05) is 13.1 Å². The second kappa shape index (κ2) is 4.93. The predicted molar refractivity (Wildman–Crippen MR) is 68.5 cm³/mol. The normalized spacial score (nSPS) is 11.5. The molecule has 0 bridgehead atoms. The Morgan fingerprint density at radius 2 is 2.12 bits per heavy atom. The molecule has 17 heavy (non-hydrogen) atoms. The van der Waals surface area contributed by atoms with Gasteiger partial charge in [0.1, 0.15) is 5.01 Å². The highest BCUT2D eigenvalue weighted by molar-refractivity contribution is 7.16. The Balaban J connectivity index is 2.38. The van der Waals surface area contributed by atoms with Crippen molar-refractivity contribution in [1.82, 2.24) is 19.5 Å². The molecule has 0 aliphatic rings. The van der Waals surface area contributed by atoms with Gasteiger partial charge >= 0.3 is 0 Å². The summed E-state index contributed by atoms with van der Waals surface area (Å²) in [7, 11) is 0. The van der Waals surface area contributed by atoms with Gasteiger partial charge in [-0.15, -0.1) is 0 Å². The summed E-state index contributed by atoms with van der Waals surface area (Å²) < 4.78 is 1.39.